The number of rotatable bonds is 7. The van der Waals surface area contributed by atoms with E-state index in [0.717, 1.165) is 5.69 Å². The monoisotopic (exact) mass is 387 g/mol. The van der Waals surface area contributed by atoms with E-state index in [1.165, 1.54) is 12.1 Å². The Labute approximate surface area is 152 Å². The van der Waals surface area contributed by atoms with Crippen LogP contribution in [0.25, 0.3) is 0 Å². The molecule has 1 N–H and O–H groups in total. The first kappa shape index (κ1) is 19.1. The molecule has 0 saturated carbocycles. The van der Waals surface area contributed by atoms with Gasteiger partial charge in [0.1, 0.15) is 0 Å². The molecule has 2 rings (SSSR count). The SMILES string of the molecule is CC(O)CN(CCS(=O)(=O)c1cc(Cl)ccc1Cl)c1ccccc1. The first-order valence-corrected chi connectivity index (χ1v) is 9.86. The predicted molar refractivity (Wildman–Crippen MR) is 98.9 cm³/mol. The molecule has 7 heteroatoms. The smallest absolute Gasteiger partial charge is 0.181 e. The van der Waals surface area contributed by atoms with E-state index in [1.807, 2.05) is 35.2 Å². The zero-order valence-corrected chi connectivity index (χ0v) is 15.5. The number of hydrogen-bond acceptors (Lipinski definition) is 4. The average Bonchev–Trinajstić information content (AvgIpc) is 2.54. The molecule has 24 heavy (non-hydrogen) atoms. The Morgan fingerprint density at radius 3 is 2.42 bits per heavy atom. The molecule has 0 aliphatic heterocycles. The van der Waals surface area contributed by atoms with Crippen molar-refractivity contribution in [1.29, 1.82) is 0 Å². The van der Waals surface area contributed by atoms with E-state index < -0.39 is 15.9 Å². The highest BCUT2D eigenvalue weighted by Gasteiger charge is 2.21. The van der Waals surface area contributed by atoms with Crippen molar-refractivity contribution >= 4 is 38.7 Å². The van der Waals surface area contributed by atoms with Crippen LogP contribution in [0.5, 0.6) is 0 Å². The lowest BCUT2D eigenvalue weighted by Gasteiger charge is -2.26. The maximum absolute atomic E-state index is 12.6. The number of aliphatic hydroxyl groups is 1. The summed E-state index contributed by atoms with van der Waals surface area (Å²) in [4.78, 5) is 1.86. The van der Waals surface area contributed by atoms with Gasteiger partial charge >= 0.3 is 0 Å². The minimum absolute atomic E-state index is 0.0294. The molecule has 0 amide bonds. The standard InChI is InChI=1S/C17H19Cl2NO3S/c1-13(21)12-20(15-5-3-2-4-6-15)9-10-24(22,23)17-11-14(18)7-8-16(17)19/h2-8,11,13,21H,9-10,12H2,1H3. The second-order valence-electron chi connectivity index (χ2n) is 5.52. The second-order valence-corrected chi connectivity index (χ2v) is 8.45. The van der Waals surface area contributed by atoms with Gasteiger partial charge in [0.05, 0.1) is 21.8 Å². The van der Waals surface area contributed by atoms with Gasteiger partial charge in [-0.05, 0) is 37.3 Å². The third-order valence-corrected chi connectivity index (χ3v) is 5.87. The minimum atomic E-state index is -3.59. The van der Waals surface area contributed by atoms with Crippen LogP contribution < -0.4 is 4.90 Å². The molecule has 0 aliphatic rings. The topological polar surface area (TPSA) is 57.6 Å². The lowest BCUT2D eigenvalue weighted by Crippen LogP contribution is -2.35. The summed E-state index contributed by atoms with van der Waals surface area (Å²) in [5, 5.41) is 10.2. The molecule has 0 radical (unpaired) electrons. The van der Waals surface area contributed by atoms with Crippen molar-refractivity contribution in [1.82, 2.24) is 0 Å². The number of benzene rings is 2. The first-order chi connectivity index (χ1) is 11.3. The van der Waals surface area contributed by atoms with Gasteiger partial charge in [0.2, 0.25) is 0 Å². The van der Waals surface area contributed by atoms with Crippen molar-refractivity contribution in [3.05, 3.63) is 58.6 Å². The van der Waals surface area contributed by atoms with Crippen LogP contribution in [0.3, 0.4) is 0 Å². The largest absolute Gasteiger partial charge is 0.392 e. The van der Waals surface area contributed by atoms with Crippen LogP contribution >= 0.6 is 23.2 Å². The Morgan fingerprint density at radius 2 is 1.79 bits per heavy atom. The number of nitrogens with zero attached hydrogens (tertiary/aromatic N) is 1. The number of anilines is 1. The first-order valence-electron chi connectivity index (χ1n) is 7.45. The Morgan fingerprint density at radius 1 is 1.12 bits per heavy atom. The molecule has 0 aliphatic carbocycles. The van der Waals surface area contributed by atoms with Crippen LogP contribution in [0.1, 0.15) is 6.92 Å². The summed E-state index contributed by atoms with van der Waals surface area (Å²) in [7, 11) is -3.59. The molecule has 0 spiro atoms. The highest BCUT2D eigenvalue weighted by atomic mass is 35.5. The Balaban J connectivity index is 2.20. The molecule has 2 aromatic carbocycles. The fraction of sp³-hybridized carbons (Fsp3) is 0.294. The van der Waals surface area contributed by atoms with Crippen LogP contribution in [0.15, 0.2) is 53.4 Å². The third-order valence-electron chi connectivity index (χ3n) is 3.46. The van der Waals surface area contributed by atoms with E-state index in [9.17, 15) is 13.5 Å². The molecular weight excluding hydrogens is 369 g/mol. The summed E-state index contributed by atoms with van der Waals surface area (Å²) in [6.07, 6.45) is -0.581. The van der Waals surface area contributed by atoms with Gasteiger partial charge in [-0.15, -0.1) is 0 Å². The summed E-state index contributed by atoms with van der Waals surface area (Å²) in [5.74, 6) is -0.130. The van der Waals surface area contributed by atoms with Gasteiger partial charge in [0, 0.05) is 23.8 Å². The maximum Gasteiger partial charge on any atom is 0.181 e. The Bertz CT molecular complexity index is 780. The molecule has 0 heterocycles. The van der Waals surface area contributed by atoms with Gasteiger partial charge in [0.15, 0.2) is 9.84 Å². The van der Waals surface area contributed by atoms with Gasteiger partial charge in [-0.2, -0.15) is 0 Å². The van der Waals surface area contributed by atoms with E-state index in [1.54, 1.807) is 13.0 Å². The zero-order valence-electron chi connectivity index (χ0n) is 13.2. The van der Waals surface area contributed by atoms with Crippen LogP contribution in [-0.2, 0) is 9.84 Å². The molecule has 4 nitrogen and oxygen atoms in total. The van der Waals surface area contributed by atoms with Gasteiger partial charge in [-0.25, -0.2) is 8.42 Å². The molecule has 2 aromatic rings. The molecule has 1 unspecified atom stereocenters. The van der Waals surface area contributed by atoms with Crippen molar-refractivity contribution < 1.29 is 13.5 Å². The van der Waals surface area contributed by atoms with Gasteiger partial charge in [-0.1, -0.05) is 41.4 Å². The Hall–Kier alpha value is -1.27. The van der Waals surface area contributed by atoms with Gasteiger partial charge < -0.3 is 10.0 Å². The molecule has 0 fully saturated rings. The molecule has 130 valence electrons. The fourth-order valence-corrected chi connectivity index (χ4v) is 4.40. The fourth-order valence-electron chi connectivity index (χ4n) is 2.34. The highest BCUT2D eigenvalue weighted by molar-refractivity contribution is 7.91. The van der Waals surface area contributed by atoms with E-state index in [2.05, 4.69) is 0 Å². The number of halogens is 2. The number of para-hydroxylation sites is 1. The van der Waals surface area contributed by atoms with Crippen molar-refractivity contribution in [3.8, 4) is 0 Å². The molecule has 0 bridgehead atoms. The number of sulfone groups is 1. The van der Waals surface area contributed by atoms with E-state index in [0.29, 0.717) is 11.6 Å². The summed E-state index contributed by atoms with van der Waals surface area (Å²) in [6, 6.07) is 13.8. The third kappa shape index (κ3) is 5.11. The summed E-state index contributed by atoms with van der Waals surface area (Å²) in [6.45, 7) is 2.24. The minimum Gasteiger partial charge on any atom is -0.392 e. The molecule has 0 aromatic heterocycles. The summed E-state index contributed by atoms with van der Waals surface area (Å²) in [5.41, 5.74) is 0.853. The highest BCUT2D eigenvalue weighted by Crippen LogP contribution is 2.26. The van der Waals surface area contributed by atoms with Gasteiger partial charge in [-0.3, -0.25) is 0 Å². The lowest BCUT2D eigenvalue weighted by atomic mass is 10.2. The van der Waals surface area contributed by atoms with Crippen molar-refractivity contribution in [2.24, 2.45) is 0 Å². The van der Waals surface area contributed by atoms with E-state index >= 15 is 0 Å². The predicted octanol–water partition coefficient (Wildman–Crippen LogP) is 3.65. The molecule has 0 saturated heterocycles. The van der Waals surface area contributed by atoms with E-state index in [-0.39, 0.29) is 22.2 Å². The van der Waals surface area contributed by atoms with E-state index in [4.69, 9.17) is 23.2 Å². The second kappa shape index (κ2) is 8.21. The quantitative estimate of drug-likeness (QED) is 0.787. The summed E-state index contributed by atoms with van der Waals surface area (Å²) < 4.78 is 25.2. The van der Waals surface area contributed by atoms with Gasteiger partial charge in [0.25, 0.3) is 0 Å². The van der Waals surface area contributed by atoms with Crippen molar-refractivity contribution in [2.75, 3.05) is 23.7 Å². The molecular formula is C17H19Cl2NO3S. The molecule has 1 atom stereocenters. The van der Waals surface area contributed by atoms with Crippen LogP contribution in [0.2, 0.25) is 10.0 Å². The number of aliphatic hydroxyl groups excluding tert-OH is 1. The van der Waals surface area contributed by atoms with Crippen LogP contribution in [0, 0.1) is 0 Å². The normalized spacial score (nSPS) is 12.8. The Kier molecular flexibility index (Phi) is 6.52. The summed E-state index contributed by atoms with van der Waals surface area (Å²) >= 11 is 11.9. The van der Waals surface area contributed by atoms with Crippen LogP contribution in [-0.4, -0.2) is 38.5 Å². The number of hydrogen-bond donors (Lipinski definition) is 1. The van der Waals surface area contributed by atoms with Crippen molar-refractivity contribution in [3.63, 3.8) is 0 Å². The van der Waals surface area contributed by atoms with Crippen LogP contribution in [0.4, 0.5) is 5.69 Å². The lowest BCUT2D eigenvalue weighted by molar-refractivity contribution is 0.200. The van der Waals surface area contributed by atoms with Crippen molar-refractivity contribution in [2.45, 2.75) is 17.9 Å². The maximum atomic E-state index is 12.6. The average molecular weight is 388 g/mol. The zero-order chi connectivity index (χ0) is 17.7.